The molecule has 128 valence electrons. The predicted molar refractivity (Wildman–Crippen MR) is 102 cm³/mol. The van der Waals surface area contributed by atoms with Gasteiger partial charge >= 0.3 is 0 Å². The zero-order valence-corrected chi connectivity index (χ0v) is 15.0. The fourth-order valence-corrected chi connectivity index (χ4v) is 4.14. The monoisotopic (exact) mass is 380 g/mol. The first-order valence-corrected chi connectivity index (χ1v) is 9.59. The van der Waals surface area contributed by atoms with Crippen molar-refractivity contribution in [3.05, 3.63) is 53.5 Å². The summed E-state index contributed by atoms with van der Waals surface area (Å²) in [5.74, 6) is 1.51. The lowest BCUT2D eigenvalue weighted by Gasteiger charge is -2.03. The van der Waals surface area contributed by atoms with E-state index in [9.17, 15) is 0 Å². The molecule has 8 heteroatoms. The van der Waals surface area contributed by atoms with Crippen molar-refractivity contribution in [3.8, 4) is 33.5 Å². The summed E-state index contributed by atoms with van der Waals surface area (Å²) in [6.45, 7) is 0.267. The average molecular weight is 380 g/mol. The quantitative estimate of drug-likeness (QED) is 0.548. The van der Waals surface area contributed by atoms with Crippen molar-refractivity contribution in [2.75, 3.05) is 12.1 Å². The number of pyridine rings is 1. The summed E-state index contributed by atoms with van der Waals surface area (Å²) >= 11 is 3.11. The summed E-state index contributed by atoms with van der Waals surface area (Å²) in [4.78, 5) is 13.5. The molecule has 0 saturated carbocycles. The van der Waals surface area contributed by atoms with E-state index in [1.807, 2.05) is 47.3 Å². The molecular weight excluding hydrogens is 368 g/mol. The van der Waals surface area contributed by atoms with Crippen molar-refractivity contribution in [1.82, 2.24) is 15.0 Å². The molecule has 3 aromatic heterocycles. The third-order valence-corrected chi connectivity index (χ3v) is 5.43. The van der Waals surface area contributed by atoms with Gasteiger partial charge in [0.15, 0.2) is 16.6 Å². The fraction of sp³-hybridized carbons (Fsp3) is 0.0556. The largest absolute Gasteiger partial charge is 0.454 e. The Hall–Kier alpha value is -2.97. The van der Waals surface area contributed by atoms with Crippen LogP contribution in [0.4, 0.5) is 10.8 Å². The maximum atomic E-state index is 5.40. The number of anilines is 2. The van der Waals surface area contributed by atoms with E-state index in [1.165, 1.54) is 11.3 Å². The number of hydrogen-bond acceptors (Lipinski definition) is 8. The number of thiazole rings is 2. The van der Waals surface area contributed by atoms with Crippen LogP contribution in [0.1, 0.15) is 0 Å². The number of fused-ring (bicyclic) bond motifs is 1. The van der Waals surface area contributed by atoms with Crippen LogP contribution < -0.4 is 14.8 Å². The van der Waals surface area contributed by atoms with Gasteiger partial charge in [0.25, 0.3) is 0 Å². The second-order valence-corrected chi connectivity index (χ2v) is 7.23. The van der Waals surface area contributed by atoms with E-state index in [1.54, 1.807) is 17.5 Å². The Morgan fingerprint density at radius 1 is 0.962 bits per heavy atom. The smallest absolute Gasteiger partial charge is 0.231 e. The predicted octanol–water partition coefficient (Wildman–Crippen LogP) is 4.80. The number of nitrogens with zero attached hydrogens (tertiary/aromatic N) is 3. The van der Waals surface area contributed by atoms with Crippen LogP contribution in [0.15, 0.2) is 53.5 Å². The van der Waals surface area contributed by atoms with Crippen molar-refractivity contribution < 1.29 is 9.47 Å². The van der Waals surface area contributed by atoms with Gasteiger partial charge in [0, 0.05) is 40.5 Å². The maximum absolute atomic E-state index is 5.40. The van der Waals surface area contributed by atoms with Gasteiger partial charge in [0.2, 0.25) is 6.79 Å². The molecule has 0 fully saturated rings. The van der Waals surface area contributed by atoms with Gasteiger partial charge in [0.05, 0.1) is 5.69 Å². The van der Waals surface area contributed by atoms with Crippen molar-refractivity contribution in [2.45, 2.75) is 0 Å². The molecule has 1 aliphatic heterocycles. The Bertz CT molecular complexity index is 1060. The number of aromatic nitrogens is 3. The standard InChI is InChI=1S/C18H12N4O2S2/c1-2-11(7-19-5-1)13-8-25-17(21-13)14-9-26-18(22-14)20-12-3-4-15-16(6-12)24-10-23-15/h1-9H,10H2,(H,20,22). The van der Waals surface area contributed by atoms with E-state index in [4.69, 9.17) is 9.47 Å². The molecule has 0 radical (unpaired) electrons. The van der Waals surface area contributed by atoms with Crippen LogP contribution in [0.3, 0.4) is 0 Å². The molecule has 0 aliphatic carbocycles. The number of rotatable bonds is 4. The molecule has 0 unspecified atom stereocenters. The van der Waals surface area contributed by atoms with Gasteiger partial charge < -0.3 is 14.8 Å². The van der Waals surface area contributed by atoms with Crippen molar-refractivity contribution >= 4 is 33.5 Å². The normalized spacial score (nSPS) is 12.3. The van der Waals surface area contributed by atoms with E-state index in [2.05, 4.69) is 20.3 Å². The Morgan fingerprint density at radius 2 is 1.88 bits per heavy atom. The van der Waals surface area contributed by atoms with Crippen LogP contribution in [-0.2, 0) is 0 Å². The first-order valence-electron chi connectivity index (χ1n) is 7.84. The molecule has 5 rings (SSSR count). The fourth-order valence-electron chi connectivity index (χ4n) is 2.57. The van der Waals surface area contributed by atoms with Crippen LogP contribution in [0.25, 0.3) is 22.0 Å². The molecular formula is C18H12N4O2S2. The SMILES string of the molecule is c1cncc(-c2csc(-c3csc(Nc4ccc5c(c4)OCO5)n3)n2)c1. The Morgan fingerprint density at radius 3 is 2.81 bits per heavy atom. The Balaban J connectivity index is 1.36. The van der Waals surface area contributed by atoms with E-state index in [0.29, 0.717) is 0 Å². The second-order valence-electron chi connectivity index (χ2n) is 5.51. The highest BCUT2D eigenvalue weighted by Crippen LogP contribution is 2.36. The molecule has 1 aliphatic rings. The number of nitrogens with one attached hydrogen (secondary N) is 1. The lowest BCUT2D eigenvalue weighted by Crippen LogP contribution is -1.93. The minimum absolute atomic E-state index is 0.267. The number of ether oxygens (including phenoxy) is 2. The van der Waals surface area contributed by atoms with Gasteiger partial charge in [0.1, 0.15) is 10.7 Å². The van der Waals surface area contributed by atoms with Crippen LogP contribution in [0.5, 0.6) is 11.5 Å². The van der Waals surface area contributed by atoms with Crippen LogP contribution in [0.2, 0.25) is 0 Å². The van der Waals surface area contributed by atoms with Gasteiger partial charge in [-0.25, -0.2) is 9.97 Å². The van der Waals surface area contributed by atoms with Crippen LogP contribution in [-0.4, -0.2) is 21.7 Å². The topological polar surface area (TPSA) is 69.2 Å². The first kappa shape index (κ1) is 15.3. The third-order valence-electron chi connectivity index (χ3n) is 3.81. The van der Waals surface area contributed by atoms with Crippen molar-refractivity contribution in [3.63, 3.8) is 0 Å². The van der Waals surface area contributed by atoms with Gasteiger partial charge in [-0.15, -0.1) is 22.7 Å². The molecule has 0 bridgehead atoms. The highest BCUT2D eigenvalue weighted by atomic mass is 32.1. The third kappa shape index (κ3) is 2.89. The first-order chi connectivity index (χ1) is 12.8. The Labute approximate surface area is 157 Å². The van der Waals surface area contributed by atoms with E-state index in [0.717, 1.165) is 44.3 Å². The molecule has 0 spiro atoms. The molecule has 0 amide bonds. The lowest BCUT2D eigenvalue weighted by molar-refractivity contribution is 0.174. The lowest BCUT2D eigenvalue weighted by atomic mass is 10.2. The summed E-state index contributed by atoms with van der Waals surface area (Å²) in [5.41, 5.74) is 3.68. The van der Waals surface area contributed by atoms with E-state index in [-0.39, 0.29) is 6.79 Å². The zero-order valence-electron chi connectivity index (χ0n) is 13.4. The summed E-state index contributed by atoms with van der Waals surface area (Å²) in [6, 6.07) is 9.65. The van der Waals surface area contributed by atoms with Crippen molar-refractivity contribution in [2.24, 2.45) is 0 Å². The average Bonchev–Trinajstić information content (AvgIpc) is 3.42. The molecule has 26 heavy (non-hydrogen) atoms. The highest BCUT2D eigenvalue weighted by molar-refractivity contribution is 7.15. The molecule has 0 atom stereocenters. The van der Waals surface area contributed by atoms with Crippen molar-refractivity contribution in [1.29, 1.82) is 0 Å². The second kappa shape index (κ2) is 6.40. The van der Waals surface area contributed by atoms with E-state index >= 15 is 0 Å². The summed E-state index contributed by atoms with van der Waals surface area (Å²) in [6.07, 6.45) is 3.57. The molecule has 4 aromatic rings. The van der Waals surface area contributed by atoms with Crippen LogP contribution >= 0.6 is 22.7 Å². The van der Waals surface area contributed by atoms with Gasteiger partial charge in [-0.3, -0.25) is 4.98 Å². The number of benzene rings is 1. The van der Waals surface area contributed by atoms with E-state index < -0.39 is 0 Å². The minimum atomic E-state index is 0.267. The molecule has 6 nitrogen and oxygen atoms in total. The molecule has 1 N–H and O–H groups in total. The molecule has 0 saturated heterocycles. The van der Waals surface area contributed by atoms with Crippen LogP contribution in [0, 0.1) is 0 Å². The molecule has 4 heterocycles. The minimum Gasteiger partial charge on any atom is -0.454 e. The molecule has 1 aromatic carbocycles. The summed E-state index contributed by atoms with van der Waals surface area (Å²) < 4.78 is 10.7. The summed E-state index contributed by atoms with van der Waals surface area (Å²) in [7, 11) is 0. The zero-order chi connectivity index (χ0) is 17.3. The maximum Gasteiger partial charge on any atom is 0.231 e. The van der Waals surface area contributed by atoms with Gasteiger partial charge in [-0.05, 0) is 24.3 Å². The summed E-state index contributed by atoms with van der Waals surface area (Å²) in [5, 5.41) is 9.02. The highest BCUT2D eigenvalue weighted by Gasteiger charge is 2.14. The Kier molecular flexibility index (Phi) is 3.76. The van der Waals surface area contributed by atoms with Gasteiger partial charge in [-0.1, -0.05) is 0 Å². The number of hydrogen-bond donors (Lipinski definition) is 1. The van der Waals surface area contributed by atoms with Gasteiger partial charge in [-0.2, -0.15) is 0 Å².